The predicted octanol–water partition coefficient (Wildman–Crippen LogP) is 3.56. The summed E-state index contributed by atoms with van der Waals surface area (Å²) < 4.78 is 10.2. The maximum Gasteiger partial charge on any atom is 0.161 e. The fourth-order valence-electron chi connectivity index (χ4n) is 5.13. The van der Waals surface area contributed by atoms with Crippen LogP contribution in [-0.4, -0.2) is 79.8 Å². The highest BCUT2D eigenvalue weighted by Crippen LogP contribution is 2.33. The molecule has 10 heteroatoms. The molecule has 0 radical (unpaired) electrons. The van der Waals surface area contributed by atoms with Crippen molar-refractivity contribution in [3.63, 3.8) is 0 Å². The molecule has 0 saturated carbocycles. The largest absolute Gasteiger partial charge is 0.389 e. The van der Waals surface area contributed by atoms with Crippen LogP contribution in [0.5, 0.6) is 0 Å². The number of aryl methyl sites for hydroxylation is 2. The van der Waals surface area contributed by atoms with Crippen LogP contribution in [0.3, 0.4) is 0 Å². The second-order valence-electron chi connectivity index (χ2n) is 9.72. The quantitative estimate of drug-likeness (QED) is 0.406. The maximum absolute atomic E-state index is 10.4. The first kappa shape index (κ1) is 23.6. The van der Waals surface area contributed by atoms with E-state index in [9.17, 15) is 5.11 Å². The van der Waals surface area contributed by atoms with E-state index in [1.54, 1.807) is 11.6 Å². The van der Waals surface area contributed by atoms with Crippen LogP contribution in [0.1, 0.15) is 30.0 Å². The number of ether oxygens (including phenoxy) is 1. The molecule has 6 rings (SSSR count). The van der Waals surface area contributed by atoms with E-state index in [0.717, 1.165) is 83.4 Å². The number of hydrogen-bond donors (Lipinski definition) is 1. The Morgan fingerprint density at radius 2 is 1.86 bits per heavy atom. The van der Waals surface area contributed by atoms with Gasteiger partial charge in [0.15, 0.2) is 5.82 Å². The average molecular weight is 552 g/mol. The highest BCUT2D eigenvalue weighted by atomic mass is 79.9. The summed E-state index contributed by atoms with van der Waals surface area (Å²) in [6.45, 7) is 11.5. The van der Waals surface area contributed by atoms with Crippen molar-refractivity contribution in [3.05, 3.63) is 58.1 Å². The van der Waals surface area contributed by atoms with Gasteiger partial charge in [0.1, 0.15) is 12.1 Å². The SMILES string of the molecule is Cc1cc(C)n(-c2nc(-n3cnc4cc(N5CCN(C6COC6)CC5)c(Br)cc43)ccc2C(C)O)n1. The smallest absolute Gasteiger partial charge is 0.161 e. The molecule has 0 aliphatic carbocycles. The average Bonchev–Trinajstić information content (AvgIpc) is 3.39. The molecule has 2 aliphatic heterocycles. The van der Waals surface area contributed by atoms with Crippen molar-refractivity contribution in [2.75, 3.05) is 44.3 Å². The molecule has 4 aromatic rings. The van der Waals surface area contributed by atoms with E-state index in [-0.39, 0.29) is 0 Å². The van der Waals surface area contributed by atoms with Crippen LogP contribution >= 0.6 is 15.9 Å². The highest BCUT2D eigenvalue weighted by molar-refractivity contribution is 9.10. The van der Waals surface area contributed by atoms with Crippen LogP contribution in [0.25, 0.3) is 22.7 Å². The van der Waals surface area contributed by atoms with Gasteiger partial charge < -0.3 is 14.7 Å². The third kappa shape index (κ3) is 4.11. The van der Waals surface area contributed by atoms with E-state index in [0.29, 0.717) is 11.9 Å². The number of hydrogen-bond acceptors (Lipinski definition) is 7. The zero-order valence-electron chi connectivity index (χ0n) is 20.7. The minimum atomic E-state index is -0.668. The Balaban J connectivity index is 1.34. The number of aromatic nitrogens is 5. The van der Waals surface area contributed by atoms with Crippen molar-refractivity contribution < 1.29 is 9.84 Å². The Labute approximate surface area is 218 Å². The summed E-state index contributed by atoms with van der Waals surface area (Å²) in [5, 5.41) is 15.0. The second-order valence-corrected chi connectivity index (χ2v) is 10.6. The molecule has 2 aliphatic rings. The van der Waals surface area contributed by atoms with E-state index in [1.165, 1.54) is 0 Å². The van der Waals surface area contributed by atoms with Gasteiger partial charge in [-0.1, -0.05) is 0 Å². The Kier molecular flexibility index (Phi) is 6.07. The number of imidazole rings is 1. The molecular weight excluding hydrogens is 522 g/mol. The molecule has 0 amide bonds. The summed E-state index contributed by atoms with van der Waals surface area (Å²) in [7, 11) is 0. The Bertz CT molecular complexity index is 1420. The molecular formula is C26H30BrN7O2. The lowest BCUT2D eigenvalue weighted by Gasteiger charge is -2.43. The number of halogens is 1. The normalized spacial score (nSPS) is 18.1. The van der Waals surface area contributed by atoms with E-state index < -0.39 is 6.10 Å². The van der Waals surface area contributed by atoms with Gasteiger partial charge >= 0.3 is 0 Å². The first-order valence-corrected chi connectivity index (χ1v) is 13.1. The van der Waals surface area contributed by atoms with Crippen molar-refractivity contribution >= 4 is 32.7 Å². The maximum atomic E-state index is 10.4. The topological polar surface area (TPSA) is 84.5 Å². The molecule has 1 atom stereocenters. The number of aliphatic hydroxyl groups excluding tert-OH is 1. The predicted molar refractivity (Wildman–Crippen MR) is 142 cm³/mol. The minimum absolute atomic E-state index is 0.584. The third-order valence-electron chi connectivity index (χ3n) is 7.21. The minimum Gasteiger partial charge on any atom is -0.389 e. The number of fused-ring (bicyclic) bond motifs is 1. The van der Waals surface area contributed by atoms with Crippen LogP contribution in [-0.2, 0) is 4.74 Å². The van der Waals surface area contributed by atoms with Crippen molar-refractivity contribution in [1.82, 2.24) is 29.2 Å². The lowest BCUT2D eigenvalue weighted by molar-refractivity contribution is -0.0660. The molecule has 2 fully saturated rings. The van der Waals surface area contributed by atoms with Gasteiger partial charge in [0.25, 0.3) is 0 Å². The lowest BCUT2D eigenvalue weighted by Crippen LogP contribution is -2.56. The lowest BCUT2D eigenvalue weighted by atomic mass is 10.1. The number of rotatable bonds is 5. The van der Waals surface area contributed by atoms with Gasteiger partial charge in [0, 0.05) is 41.9 Å². The Hall–Kier alpha value is -2.79. The van der Waals surface area contributed by atoms with Crippen LogP contribution < -0.4 is 4.90 Å². The molecule has 3 aromatic heterocycles. The Morgan fingerprint density at radius 1 is 1.08 bits per heavy atom. The van der Waals surface area contributed by atoms with Crippen molar-refractivity contribution in [3.8, 4) is 11.6 Å². The van der Waals surface area contributed by atoms with Crippen molar-refractivity contribution in [2.24, 2.45) is 0 Å². The zero-order chi connectivity index (χ0) is 25.0. The van der Waals surface area contributed by atoms with E-state index in [1.807, 2.05) is 42.9 Å². The monoisotopic (exact) mass is 551 g/mol. The highest BCUT2D eigenvalue weighted by Gasteiger charge is 2.29. The van der Waals surface area contributed by atoms with Gasteiger partial charge in [0.05, 0.1) is 47.8 Å². The third-order valence-corrected chi connectivity index (χ3v) is 7.84. The standard InChI is InChI=1S/C26H30BrN7O2/c1-16-10-17(2)34(30-16)26-20(18(3)35)4-5-25(29-26)33-15-28-22-12-23(21(27)11-24(22)33)32-8-6-31(7-9-32)19-13-36-14-19/h4-5,10-12,15,18-19,35H,6-9,13-14H2,1-3H3. The van der Waals surface area contributed by atoms with Gasteiger partial charge in [0.2, 0.25) is 0 Å². The van der Waals surface area contributed by atoms with Crippen LogP contribution in [0, 0.1) is 13.8 Å². The summed E-state index contributed by atoms with van der Waals surface area (Å²) in [5.41, 5.74) is 5.64. The van der Waals surface area contributed by atoms with Gasteiger partial charge in [-0.05, 0) is 67.0 Å². The Morgan fingerprint density at radius 3 is 2.50 bits per heavy atom. The van der Waals surface area contributed by atoms with Crippen molar-refractivity contribution in [2.45, 2.75) is 32.9 Å². The first-order valence-electron chi connectivity index (χ1n) is 12.4. The van der Waals surface area contributed by atoms with Crippen LogP contribution in [0.15, 0.2) is 41.1 Å². The number of piperazine rings is 1. The molecule has 9 nitrogen and oxygen atoms in total. The molecule has 0 bridgehead atoms. The molecule has 1 unspecified atom stereocenters. The molecule has 1 N–H and O–H groups in total. The molecule has 2 saturated heterocycles. The van der Waals surface area contributed by atoms with E-state index in [2.05, 4.69) is 43.0 Å². The molecule has 36 heavy (non-hydrogen) atoms. The van der Waals surface area contributed by atoms with Gasteiger partial charge in [-0.2, -0.15) is 5.10 Å². The van der Waals surface area contributed by atoms with Gasteiger partial charge in [-0.15, -0.1) is 0 Å². The summed E-state index contributed by atoms with van der Waals surface area (Å²) in [5.74, 6) is 1.35. The zero-order valence-corrected chi connectivity index (χ0v) is 22.3. The van der Waals surface area contributed by atoms with Gasteiger partial charge in [-0.25, -0.2) is 14.6 Å². The number of aliphatic hydroxyl groups is 1. The van der Waals surface area contributed by atoms with E-state index >= 15 is 0 Å². The molecule has 1 aromatic carbocycles. The van der Waals surface area contributed by atoms with Crippen LogP contribution in [0.2, 0.25) is 0 Å². The summed E-state index contributed by atoms with van der Waals surface area (Å²) in [6, 6.07) is 10.7. The summed E-state index contributed by atoms with van der Waals surface area (Å²) >= 11 is 3.82. The second kappa shape index (κ2) is 9.26. The van der Waals surface area contributed by atoms with Crippen molar-refractivity contribution in [1.29, 1.82) is 0 Å². The first-order chi connectivity index (χ1) is 17.4. The summed E-state index contributed by atoms with van der Waals surface area (Å²) in [6.07, 6.45) is 1.14. The van der Waals surface area contributed by atoms with Gasteiger partial charge in [-0.3, -0.25) is 9.47 Å². The summed E-state index contributed by atoms with van der Waals surface area (Å²) in [4.78, 5) is 14.6. The fraction of sp³-hybridized carbons (Fsp3) is 0.423. The molecule has 5 heterocycles. The van der Waals surface area contributed by atoms with Crippen LogP contribution in [0.4, 0.5) is 5.69 Å². The fourth-order valence-corrected chi connectivity index (χ4v) is 5.71. The number of pyridine rings is 1. The molecule has 0 spiro atoms. The van der Waals surface area contributed by atoms with E-state index in [4.69, 9.17) is 14.7 Å². The molecule has 188 valence electrons. The number of anilines is 1. The number of benzene rings is 1. The number of nitrogens with zero attached hydrogens (tertiary/aromatic N) is 7.